The van der Waals surface area contributed by atoms with Gasteiger partial charge in [-0.3, -0.25) is 0 Å². The fourth-order valence-corrected chi connectivity index (χ4v) is 0.582. The second-order valence-corrected chi connectivity index (χ2v) is 2.77. The first kappa shape index (κ1) is 8.09. The van der Waals surface area contributed by atoms with Crippen molar-refractivity contribution < 1.29 is 0 Å². The van der Waals surface area contributed by atoms with Crippen LogP contribution >= 0.6 is 12.6 Å². The maximum absolute atomic E-state index is 4.18. The molecule has 0 aliphatic rings. The summed E-state index contributed by atoms with van der Waals surface area (Å²) in [7, 11) is 0. The Labute approximate surface area is 57.4 Å². The third-order valence-electron chi connectivity index (χ3n) is 0.870. The standard InChI is InChI=1S/C7H14S/c1-3-4-5-6-7(2)8/h5-8H,3-4H2,1-2H3/b6-5-. The van der Waals surface area contributed by atoms with Gasteiger partial charge >= 0.3 is 0 Å². The average Bonchev–Trinajstić information content (AvgIpc) is 1.66. The normalized spacial score (nSPS) is 14.9. The van der Waals surface area contributed by atoms with Crippen molar-refractivity contribution >= 4 is 12.6 Å². The third-order valence-corrected chi connectivity index (χ3v) is 1.04. The zero-order valence-corrected chi connectivity index (χ0v) is 6.49. The van der Waals surface area contributed by atoms with Crippen molar-refractivity contribution in [2.45, 2.75) is 31.9 Å². The topological polar surface area (TPSA) is 0 Å². The van der Waals surface area contributed by atoms with Crippen LogP contribution in [0, 0.1) is 0 Å². The van der Waals surface area contributed by atoms with Crippen LogP contribution in [0.3, 0.4) is 0 Å². The SMILES string of the molecule is CCC/C=C\C(C)S. The van der Waals surface area contributed by atoms with Crippen LogP contribution in [0.25, 0.3) is 0 Å². The van der Waals surface area contributed by atoms with Gasteiger partial charge in [0.05, 0.1) is 0 Å². The Kier molecular flexibility index (Phi) is 5.29. The van der Waals surface area contributed by atoms with Crippen LogP contribution in [0.5, 0.6) is 0 Å². The molecule has 0 radical (unpaired) electrons. The molecule has 0 aromatic carbocycles. The second kappa shape index (κ2) is 5.23. The van der Waals surface area contributed by atoms with Crippen LogP contribution in [0.1, 0.15) is 26.7 Å². The minimum atomic E-state index is 0.418. The molecule has 0 aromatic rings. The van der Waals surface area contributed by atoms with Crippen LogP contribution in [-0.4, -0.2) is 5.25 Å². The monoisotopic (exact) mass is 130 g/mol. The maximum Gasteiger partial charge on any atom is 0.0168 e. The lowest BCUT2D eigenvalue weighted by Crippen LogP contribution is -1.79. The Balaban J connectivity index is 3.07. The predicted molar refractivity (Wildman–Crippen MR) is 42.5 cm³/mol. The van der Waals surface area contributed by atoms with Crippen molar-refractivity contribution in [3.05, 3.63) is 12.2 Å². The van der Waals surface area contributed by atoms with Crippen molar-refractivity contribution in [3.63, 3.8) is 0 Å². The molecule has 0 aromatic heterocycles. The lowest BCUT2D eigenvalue weighted by Gasteiger charge is -1.90. The molecular weight excluding hydrogens is 116 g/mol. The molecule has 0 spiro atoms. The van der Waals surface area contributed by atoms with Crippen LogP contribution in [0.4, 0.5) is 0 Å². The molecule has 0 bridgehead atoms. The number of rotatable bonds is 3. The van der Waals surface area contributed by atoms with Gasteiger partial charge in [0, 0.05) is 5.25 Å². The highest BCUT2D eigenvalue weighted by molar-refractivity contribution is 7.81. The summed E-state index contributed by atoms with van der Waals surface area (Å²) in [6.45, 7) is 4.24. The molecule has 1 heteroatoms. The fourth-order valence-electron chi connectivity index (χ4n) is 0.460. The highest BCUT2D eigenvalue weighted by Crippen LogP contribution is 1.96. The molecule has 8 heavy (non-hydrogen) atoms. The molecule has 0 aliphatic heterocycles. The Hall–Kier alpha value is 0.0900. The molecule has 0 amide bonds. The number of allylic oxidation sites excluding steroid dienone is 1. The first-order chi connectivity index (χ1) is 3.77. The van der Waals surface area contributed by atoms with Gasteiger partial charge in [0.15, 0.2) is 0 Å². The van der Waals surface area contributed by atoms with Crippen LogP contribution in [-0.2, 0) is 0 Å². The van der Waals surface area contributed by atoms with E-state index in [4.69, 9.17) is 0 Å². The van der Waals surface area contributed by atoms with Crippen LogP contribution in [0.2, 0.25) is 0 Å². The molecule has 0 saturated heterocycles. The Bertz CT molecular complexity index is 64.8. The number of unbranched alkanes of at least 4 members (excludes halogenated alkanes) is 1. The number of hydrogen-bond acceptors (Lipinski definition) is 1. The van der Waals surface area contributed by atoms with Gasteiger partial charge < -0.3 is 0 Å². The lowest BCUT2D eigenvalue weighted by atomic mass is 10.3. The van der Waals surface area contributed by atoms with E-state index in [0.29, 0.717) is 5.25 Å². The summed E-state index contributed by atoms with van der Waals surface area (Å²) in [4.78, 5) is 0. The Morgan fingerprint density at radius 1 is 1.62 bits per heavy atom. The molecule has 0 heterocycles. The minimum absolute atomic E-state index is 0.418. The summed E-state index contributed by atoms with van der Waals surface area (Å²) in [6, 6.07) is 0. The van der Waals surface area contributed by atoms with Crippen molar-refractivity contribution in [3.8, 4) is 0 Å². The smallest absolute Gasteiger partial charge is 0.0168 e. The summed E-state index contributed by atoms with van der Waals surface area (Å²) in [5.41, 5.74) is 0. The van der Waals surface area contributed by atoms with Gasteiger partial charge in [0.1, 0.15) is 0 Å². The van der Waals surface area contributed by atoms with Gasteiger partial charge in [0.25, 0.3) is 0 Å². The quantitative estimate of drug-likeness (QED) is 0.440. The predicted octanol–water partition coefficient (Wildman–Crippen LogP) is 2.66. The second-order valence-electron chi connectivity index (χ2n) is 1.96. The van der Waals surface area contributed by atoms with Gasteiger partial charge in [-0.2, -0.15) is 12.6 Å². The van der Waals surface area contributed by atoms with E-state index in [9.17, 15) is 0 Å². The molecule has 0 fully saturated rings. The van der Waals surface area contributed by atoms with Gasteiger partial charge in [-0.05, 0) is 6.42 Å². The van der Waals surface area contributed by atoms with Gasteiger partial charge in [-0.15, -0.1) is 0 Å². The van der Waals surface area contributed by atoms with E-state index in [0.717, 1.165) is 0 Å². The van der Waals surface area contributed by atoms with E-state index in [1.807, 2.05) is 0 Å². The van der Waals surface area contributed by atoms with Gasteiger partial charge in [-0.25, -0.2) is 0 Å². The van der Waals surface area contributed by atoms with Crippen molar-refractivity contribution in [1.82, 2.24) is 0 Å². The first-order valence-electron chi connectivity index (χ1n) is 3.12. The summed E-state index contributed by atoms with van der Waals surface area (Å²) < 4.78 is 0. The van der Waals surface area contributed by atoms with Crippen LogP contribution in [0.15, 0.2) is 12.2 Å². The molecule has 0 saturated carbocycles. The largest absolute Gasteiger partial charge is 0.172 e. The third kappa shape index (κ3) is 6.09. The fraction of sp³-hybridized carbons (Fsp3) is 0.714. The Morgan fingerprint density at radius 2 is 2.25 bits per heavy atom. The van der Waals surface area contributed by atoms with E-state index in [2.05, 4.69) is 38.6 Å². The highest BCUT2D eigenvalue weighted by atomic mass is 32.1. The minimum Gasteiger partial charge on any atom is -0.172 e. The summed E-state index contributed by atoms with van der Waals surface area (Å²) in [5.74, 6) is 0. The molecule has 0 nitrogen and oxygen atoms in total. The molecule has 1 atom stereocenters. The van der Waals surface area contributed by atoms with E-state index in [-0.39, 0.29) is 0 Å². The average molecular weight is 130 g/mol. The zero-order valence-electron chi connectivity index (χ0n) is 5.59. The lowest BCUT2D eigenvalue weighted by molar-refractivity contribution is 0.953. The van der Waals surface area contributed by atoms with E-state index in [1.165, 1.54) is 12.8 Å². The zero-order chi connectivity index (χ0) is 6.41. The molecule has 1 unspecified atom stereocenters. The maximum atomic E-state index is 4.18. The molecule has 0 N–H and O–H groups in total. The van der Waals surface area contributed by atoms with Crippen molar-refractivity contribution in [2.75, 3.05) is 0 Å². The van der Waals surface area contributed by atoms with Gasteiger partial charge in [-0.1, -0.05) is 32.4 Å². The first-order valence-corrected chi connectivity index (χ1v) is 3.63. The number of hydrogen-bond donors (Lipinski definition) is 1. The summed E-state index contributed by atoms with van der Waals surface area (Å²) in [6.07, 6.45) is 6.71. The van der Waals surface area contributed by atoms with Crippen molar-refractivity contribution in [1.29, 1.82) is 0 Å². The molecule has 48 valence electrons. The molecule has 0 rings (SSSR count). The highest BCUT2D eigenvalue weighted by Gasteiger charge is 1.81. The van der Waals surface area contributed by atoms with E-state index >= 15 is 0 Å². The number of thiol groups is 1. The van der Waals surface area contributed by atoms with E-state index in [1.54, 1.807) is 0 Å². The van der Waals surface area contributed by atoms with E-state index < -0.39 is 0 Å². The molecular formula is C7H14S. The van der Waals surface area contributed by atoms with Crippen LogP contribution < -0.4 is 0 Å². The summed E-state index contributed by atoms with van der Waals surface area (Å²) >= 11 is 4.18. The summed E-state index contributed by atoms with van der Waals surface area (Å²) in [5, 5.41) is 0.418. The van der Waals surface area contributed by atoms with Crippen molar-refractivity contribution in [2.24, 2.45) is 0 Å². The van der Waals surface area contributed by atoms with Gasteiger partial charge in [0.2, 0.25) is 0 Å². The molecule has 0 aliphatic carbocycles. The Morgan fingerprint density at radius 3 is 2.62 bits per heavy atom.